The number of carbonyl (C=O) groups is 2. The first kappa shape index (κ1) is 16.2. The van der Waals surface area contributed by atoms with Gasteiger partial charge in [0.25, 0.3) is 17.4 Å². The lowest BCUT2D eigenvalue weighted by molar-refractivity contribution is 0.0924. The molecule has 0 fully saturated rings. The minimum absolute atomic E-state index is 0.103. The summed E-state index contributed by atoms with van der Waals surface area (Å²) in [6, 6.07) is 9.22. The molecule has 0 unspecified atom stereocenters. The number of carbonyl (C=O) groups excluding carboxylic acids is 2. The Hall–Kier alpha value is -3.16. The molecule has 0 saturated heterocycles. The topological polar surface area (TPSA) is 113 Å². The number of H-pyrrole nitrogens is 1. The molecular formula is C15H16N4O4. The van der Waals surface area contributed by atoms with Crippen molar-refractivity contribution < 1.29 is 14.3 Å². The van der Waals surface area contributed by atoms with Crippen molar-refractivity contribution in [1.29, 1.82) is 0 Å². The molecule has 2 aromatic rings. The van der Waals surface area contributed by atoms with Crippen molar-refractivity contribution in [3.05, 3.63) is 58.0 Å². The fourth-order valence-electron chi connectivity index (χ4n) is 1.76. The Bertz CT molecular complexity index is 719. The maximum Gasteiger partial charge on any atom is 0.271 e. The van der Waals surface area contributed by atoms with Gasteiger partial charge < -0.3 is 15.4 Å². The van der Waals surface area contributed by atoms with Gasteiger partial charge in [0.1, 0.15) is 11.4 Å². The van der Waals surface area contributed by atoms with Crippen LogP contribution in [0.25, 0.3) is 0 Å². The Balaban J connectivity index is 1.76. The molecule has 1 aromatic heterocycles. The number of ether oxygens (including phenoxy) is 1. The van der Waals surface area contributed by atoms with Gasteiger partial charge in [-0.1, -0.05) is 0 Å². The van der Waals surface area contributed by atoms with Gasteiger partial charge in [-0.05, 0) is 30.3 Å². The minimum Gasteiger partial charge on any atom is -0.497 e. The van der Waals surface area contributed by atoms with Gasteiger partial charge in [-0.3, -0.25) is 14.4 Å². The summed E-state index contributed by atoms with van der Waals surface area (Å²) in [6.45, 7) is 0.501. The molecule has 2 amide bonds. The van der Waals surface area contributed by atoms with Crippen LogP contribution in [0, 0.1) is 0 Å². The van der Waals surface area contributed by atoms with Gasteiger partial charge in [-0.2, -0.15) is 5.10 Å². The number of aromatic nitrogens is 2. The van der Waals surface area contributed by atoms with Crippen LogP contribution in [0.4, 0.5) is 0 Å². The minimum atomic E-state index is -0.431. The lowest BCUT2D eigenvalue weighted by atomic mass is 10.2. The Morgan fingerprint density at radius 2 is 1.70 bits per heavy atom. The Kier molecular flexibility index (Phi) is 5.45. The first-order valence-corrected chi connectivity index (χ1v) is 6.86. The predicted octanol–water partition coefficient (Wildman–Crippen LogP) is -0.0617. The first-order valence-electron chi connectivity index (χ1n) is 6.86. The molecule has 0 bridgehead atoms. The Labute approximate surface area is 131 Å². The standard InChI is InChI=1S/C15H16N4O4/c1-23-11-4-2-10(3-5-11)14(21)16-8-9-17-15(22)12-6-7-13(20)19-18-12/h2-7H,8-9H2,1H3,(H,16,21)(H,17,22)(H,19,20). The van der Waals surface area contributed by atoms with E-state index in [-0.39, 0.29) is 30.2 Å². The van der Waals surface area contributed by atoms with Gasteiger partial charge in [0.2, 0.25) is 0 Å². The largest absolute Gasteiger partial charge is 0.497 e. The van der Waals surface area contributed by atoms with E-state index < -0.39 is 5.91 Å². The van der Waals surface area contributed by atoms with Gasteiger partial charge in [0.15, 0.2) is 0 Å². The maximum atomic E-state index is 11.9. The molecule has 0 radical (unpaired) electrons. The fraction of sp³-hybridized carbons (Fsp3) is 0.200. The number of nitrogens with one attached hydrogen (secondary N) is 3. The van der Waals surface area contributed by atoms with E-state index in [1.54, 1.807) is 31.4 Å². The van der Waals surface area contributed by atoms with E-state index in [4.69, 9.17) is 4.74 Å². The third kappa shape index (κ3) is 4.67. The highest BCUT2D eigenvalue weighted by Gasteiger charge is 2.08. The normalized spacial score (nSPS) is 9.96. The van der Waals surface area contributed by atoms with Gasteiger partial charge in [-0.15, -0.1) is 0 Å². The summed E-state index contributed by atoms with van der Waals surface area (Å²) in [6.07, 6.45) is 0. The van der Waals surface area contributed by atoms with Crippen LogP contribution in [0.2, 0.25) is 0 Å². The second kappa shape index (κ2) is 7.74. The Morgan fingerprint density at radius 1 is 1.04 bits per heavy atom. The van der Waals surface area contributed by atoms with Crippen molar-refractivity contribution in [3.8, 4) is 5.75 Å². The molecule has 1 heterocycles. The summed E-state index contributed by atoms with van der Waals surface area (Å²) in [5, 5.41) is 11.0. The zero-order valence-electron chi connectivity index (χ0n) is 12.5. The Morgan fingerprint density at radius 3 is 2.26 bits per heavy atom. The second-order valence-corrected chi connectivity index (χ2v) is 4.55. The first-order chi connectivity index (χ1) is 11.1. The summed E-state index contributed by atoms with van der Waals surface area (Å²) in [7, 11) is 1.55. The van der Waals surface area contributed by atoms with E-state index >= 15 is 0 Å². The number of hydrogen-bond donors (Lipinski definition) is 3. The van der Waals surface area contributed by atoms with Crippen LogP contribution in [-0.2, 0) is 0 Å². The predicted molar refractivity (Wildman–Crippen MR) is 82.5 cm³/mol. The van der Waals surface area contributed by atoms with Crippen LogP contribution >= 0.6 is 0 Å². The van der Waals surface area contributed by atoms with E-state index in [1.807, 2.05) is 0 Å². The van der Waals surface area contributed by atoms with E-state index in [0.717, 1.165) is 0 Å². The molecular weight excluding hydrogens is 300 g/mol. The van der Waals surface area contributed by atoms with Crippen molar-refractivity contribution in [1.82, 2.24) is 20.8 Å². The van der Waals surface area contributed by atoms with Gasteiger partial charge in [0.05, 0.1) is 7.11 Å². The van der Waals surface area contributed by atoms with E-state index in [2.05, 4.69) is 20.8 Å². The quantitative estimate of drug-likeness (QED) is 0.646. The lowest BCUT2D eigenvalue weighted by Crippen LogP contribution is -2.35. The fourth-order valence-corrected chi connectivity index (χ4v) is 1.76. The van der Waals surface area contributed by atoms with Crippen LogP contribution in [0.3, 0.4) is 0 Å². The van der Waals surface area contributed by atoms with Crippen LogP contribution in [0.15, 0.2) is 41.2 Å². The second-order valence-electron chi connectivity index (χ2n) is 4.55. The number of benzene rings is 1. The van der Waals surface area contributed by atoms with E-state index in [1.165, 1.54) is 12.1 Å². The molecule has 3 N–H and O–H groups in total. The number of methoxy groups -OCH3 is 1. The molecule has 0 aliphatic rings. The molecule has 23 heavy (non-hydrogen) atoms. The number of amides is 2. The van der Waals surface area contributed by atoms with Gasteiger partial charge in [-0.25, -0.2) is 5.10 Å². The summed E-state index contributed by atoms with van der Waals surface area (Å²) < 4.78 is 5.02. The molecule has 1 aromatic carbocycles. The molecule has 0 aliphatic heterocycles. The molecule has 0 atom stereocenters. The molecule has 2 rings (SSSR count). The zero-order chi connectivity index (χ0) is 16.7. The monoisotopic (exact) mass is 316 g/mol. The summed E-state index contributed by atoms with van der Waals surface area (Å²) in [4.78, 5) is 34.4. The summed E-state index contributed by atoms with van der Waals surface area (Å²) in [5.74, 6) is -0.00812. The summed E-state index contributed by atoms with van der Waals surface area (Å²) >= 11 is 0. The maximum absolute atomic E-state index is 11.9. The summed E-state index contributed by atoms with van der Waals surface area (Å²) in [5.41, 5.74) is 0.221. The SMILES string of the molecule is COc1ccc(C(=O)NCCNC(=O)c2ccc(=O)[nH]n2)cc1. The molecule has 0 saturated carbocycles. The molecule has 8 nitrogen and oxygen atoms in total. The average molecular weight is 316 g/mol. The zero-order valence-corrected chi connectivity index (χ0v) is 12.5. The van der Waals surface area contributed by atoms with Crippen LogP contribution in [-0.4, -0.2) is 42.2 Å². The number of hydrogen-bond acceptors (Lipinski definition) is 5. The van der Waals surface area contributed by atoms with Crippen molar-refractivity contribution in [2.45, 2.75) is 0 Å². The van der Waals surface area contributed by atoms with Crippen molar-refractivity contribution in [2.24, 2.45) is 0 Å². The molecule has 0 aliphatic carbocycles. The third-order valence-electron chi connectivity index (χ3n) is 2.96. The average Bonchev–Trinajstić information content (AvgIpc) is 2.59. The molecule has 0 spiro atoms. The number of nitrogens with zero attached hydrogens (tertiary/aromatic N) is 1. The van der Waals surface area contributed by atoms with Crippen molar-refractivity contribution in [3.63, 3.8) is 0 Å². The third-order valence-corrected chi connectivity index (χ3v) is 2.96. The van der Waals surface area contributed by atoms with E-state index in [0.29, 0.717) is 11.3 Å². The smallest absolute Gasteiger partial charge is 0.271 e. The van der Waals surface area contributed by atoms with Crippen molar-refractivity contribution in [2.75, 3.05) is 20.2 Å². The van der Waals surface area contributed by atoms with Crippen LogP contribution in [0.5, 0.6) is 5.75 Å². The highest BCUT2D eigenvalue weighted by molar-refractivity contribution is 5.94. The van der Waals surface area contributed by atoms with E-state index in [9.17, 15) is 14.4 Å². The highest BCUT2D eigenvalue weighted by Crippen LogP contribution is 2.10. The van der Waals surface area contributed by atoms with Gasteiger partial charge >= 0.3 is 0 Å². The van der Waals surface area contributed by atoms with Crippen LogP contribution < -0.4 is 20.9 Å². The number of rotatable bonds is 6. The van der Waals surface area contributed by atoms with Gasteiger partial charge in [0, 0.05) is 24.7 Å². The highest BCUT2D eigenvalue weighted by atomic mass is 16.5. The lowest BCUT2D eigenvalue weighted by Gasteiger charge is -2.07. The van der Waals surface area contributed by atoms with Crippen LogP contribution in [0.1, 0.15) is 20.8 Å². The van der Waals surface area contributed by atoms with Crippen molar-refractivity contribution >= 4 is 11.8 Å². The number of aromatic amines is 1. The molecule has 8 heteroatoms. The molecule has 120 valence electrons.